The van der Waals surface area contributed by atoms with E-state index in [-0.39, 0.29) is 18.2 Å². The summed E-state index contributed by atoms with van der Waals surface area (Å²) in [5, 5.41) is 21.8. The smallest absolute Gasteiger partial charge is 0.115 e. The molecule has 1 aromatic rings. The normalized spacial score (nSPS) is 11.9. The minimum atomic E-state index is -0.549. The number of aliphatic hydroxyl groups excluding tert-OH is 1. The van der Waals surface area contributed by atoms with E-state index in [9.17, 15) is 5.11 Å². The predicted molar refractivity (Wildman–Crippen MR) is 58.9 cm³/mol. The molecule has 4 heteroatoms. The van der Waals surface area contributed by atoms with Gasteiger partial charge in [-0.3, -0.25) is 0 Å². The van der Waals surface area contributed by atoms with E-state index in [1.807, 2.05) is 6.92 Å². The number of benzene rings is 1. The Labute approximate surface area is 90.2 Å². The van der Waals surface area contributed by atoms with E-state index in [0.29, 0.717) is 6.54 Å². The molecule has 0 radical (unpaired) electrons. The summed E-state index contributed by atoms with van der Waals surface area (Å²) in [6.07, 6.45) is -0.549. The first-order valence-corrected chi connectivity index (χ1v) is 4.41. The Bertz CT molecular complexity index is 268. The van der Waals surface area contributed by atoms with Gasteiger partial charge in [-0.25, -0.2) is 0 Å². The molecule has 0 saturated carbocycles. The minimum Gasteiger partial charge on any atom is -0.508 e. The maximum Gasteiger partial charge on any atom is 0.115 e. The van der Waals surface area contributed by atoms with Gasteiger partial charge in [-0.05, 0) is 24.2 Å². The molecule has 80 valence electrons. The zero-order valence-corrected chi connectivity index (χ0v) is 8.92. The van der Waals surface area contributed by atoms with E-state index in [1.54, 1.807) is 24.3 Å². The van der Waals surface area contributed by atoms with Crippen molar-refractivity contribution in [1.29, 1.82) is 0 Å². The van der Waals surface area contributed by atoms with Crippen LogP contribution in [0.3, 0.4) is 0 Å². The first-order valence-electron chi connectivity index (χ1n) is 4.41. The average molecular weight is 218 g/mol. The maximum atomic E-state index is 9.60. The predicted octanol–water partition coefficient (Wildman–Crippen LogP) is 1.46. The van der Waals surface area contributed by atoms with Gasteiger partial charge in [-0.15, -0.1) is 12.4 Å². The van der Waals surface area contributed by atoms with Gasteiger partial charge < -0.3 is 15.5 Å². The Hall–Kier alpha value is -0.770. The maximum absolute atomic E-state index is 9.60. The van der Waals surface area contributed by atoms with Gasteiger partial charge in [-0.1, -0.05) is 19.1 Å². The molecule has 0 saturated heterocycles. The fourth-order valence-electron chi connectivity index (χ4n) is 1.13. The van der Waals surface area contributed by atoms with Crippen LogP contribution < -0.4 is 5.32 Å². The first kappa shape index (κ1) is 13.2. The van der Waals surface area contributed by atoms with Crippen molar-refractivity contribution in [3.05, 3.63) is 29.8 Å². The lowest BCUT2D eigenvalue weighted by atomic mass is 10.1. The van der Waals surface area contributed by atoms with E-state index in [4.69, 9.17) is 5.11 Å². The van der Waals surface area contributed by atoms with Crippen LogP contribution in [0.4, 0.5) is 0 Å². The molecule has 1 rings (SSSR count). The van der Waals surface area contributed by atoms with Crippen molar-refractivity contribution in [3.63, 3.8) is 0 Å². The molecule has 0 aliphatic heterocycles. The van der Waals surface area contributed by atoms with Gasteiger partial charge in [0.1, 0.15) is 5.75 Å². The minimum absolute atomic E-state index is 0. The van der Waals surface area contributed by atoms with Crippen molar-refractivity contribution < 1.29 is 10.2 Å². The molecule has 0 amide bonds. The quantitative estimate of drug-likeness (QED) is 0.716. The summed E-state index contributed by atoms with van der Waals surface area (Å²) in [7, 11) is 0. The van der Waals surface area contributed by atoms with E-state index in [2.05, 4.69) is 5.32 Å². The third-order valence-corrected chi connectivity index (χ3v) is 1.84. The van der Waals surface area contributed by atoms with Crippen LogP contribution in [-0.4, -0.2) is 23.3 Å². The zero-order chi connectivity index (χ0) is 9.68. The molecule has 0 fully saturated rings. The Kier molecular flexibility index (Phi) is 6.28. The largest absolute Gasteiger partial charge is 0.508 e. The van der Waals surface area contributed by atoms with Gasteiger partial charge in [0.2, 0.25) is 0 Å². The SMILES string of the molecule is CCNC[C@H](O)c1cccc(O)c1.Cl. The number of aromatic hydroxyl groups is 1. The topological polar surface area (TPSA) is 52.5 Å². The Morgan fingerprint density at radius 1 is 1.43 bits per heavy atom. The van der Waals surface area contributed by atoms with Crippen molar-refractivity contribution in [2.24, 2.45) is 0 Å². The summed E-state index contributed by atoms with van der Waals surface area (Å²) < 4.78 is 0. The number of phenols is 1. The highest BCUT2D eigenvalue weighted by molar-refractivity contribution is 5.85. The van der Waals surface area contributed by atoms with Crippen molar-refractivity contribution in [1.82, 2.24) is 5.32 Å². The summed E-state index contributed by atoms with van der Waals surface area (Å²) in [5.74, 6) is 0.188. The van der Waals surface area contributed by atoms with Gasteiger partial charge in [0.25, 0.3) is 0 Å². The molecule has 14 heavy (non-hydrogen) atoms. The molecule has 0 aliphatic carbocycles. The standard InChI is InChI=1S/C10H15NO2.ClH/c1-2-11-7-10(13)8-4-3-5-9(12)6-8;/h3-6,10-13H,2,7H2,1H3;1H/t10-;/m0./s1. The van der Waals surface area contributed by atoms with Crippen LogP contribution in [-0.2, 0) is 0 Å². The second-order valence-corrected chi connectivity index (χ2v) is 2.92. The highest BCUT2D eigenvalue weighted by Gasteiger charge is 2.06. The van der Waals surface area contributed by atoms with Crippen LogP contribution in [0, 0.1) is 0 Å². The average Bonchev–Trinajstić information content (AvgIpc) is 2.14. The lowest BCUT2D eigenvalue weighted by Crippen LogP contribution is -2.20. The fourth-order valence-corrected chi connectivity index (χ4v) is 1.13. The molecule has 0 bridgehead atoms. The van der Waals surface area contributed by atoms with Crippen LogP contribution in [0.5, 0.6) is 5.75 Å². The van der Waals surface area contributed by atoms with Gasteiger partial charge in [0.05, 0.1) is 6.10 Å². The molecule has 3 nitrogen and oxygen atoms in total. The summed E-state index contributed by atoms with van der Waals surface area (Å²) >= 11 is 0. The van der Waals surface area contributed by atoms with Gasteiger partial charge >= 0.3 is 0 Å². The molecule has 0 spiro atoms. The van der Waals surface area contributed by atoms with Crippen LogP contribution in [0.25, 0.3) is 0 Å². The number of halogens is 1. The Morgan fingerprint density at radius 3 is 2.71 bits per heavy atom. The monoisotopic (exact) mass is 217 g/mol. The molecule has 3 N–H and O–H groups in total. The second kappa shape index (κ2) is 6.65. The van der Waals surface area contributed by atoms with Crippen LogP contribution in [0.1, 0.15) is 18.6 Å². The number of likely N-dealkylation sites (N-methyl/N-ethyl adjacent to an activating group) is 1. The van der Waals surface area contributed by atoms with Crippen LogP contribution in [0.15, 0.2) is 24.3 Å². The molecule has 0 heterocycles. The number of nitrogens with one attached hydrogen (secondary N) is 1. The van der Waals surface area contributed by atoms with Gasteiger partial charge in [-0.2, -0.15) is 0 Å². The third-order valence-electron chi connectivity index (χ3n) is 1.84. The first-order chi connectivity index (χ1) is 6.24. The van der Waals surface area contributed by atoms with Crippen molar-refractivity contribution in [2.45, 2.75) is 13.0 Å². The van der Waals surface area contributed by atoms with E-state index >= 15 is 0 Å². The summed E-state index contributed by atoms with van der Waals surface area (Å²) in [6, 6.07) is 6.67. The molecule has 1 aromatic carbocycles. The summed E-state index contributed by atoms with van der Waals surface area (Å²) in [6.45, 7) is 3.32. The fraction of sp³-hybridized carbons (Fsp3) is 0.400. The van der Waals surface area contributed by atoms with E-state index < -0.39 is 6.10 Å². The zero-order valence-electron chi connectivity index (χ0n) is 8.10. The molecular weight excluding hydrogens is 202 g/mol. The van der Waals surface area contributed by atoms with Crippen LogP contribution in [0.2, 0.25) is 0 Å². The summed E-state index contributed by atoms with van der Waals surface area (Å²) in [4.78, 5) is 0. The third kappa shape index (κ3) is 3.96. The molecule has 0 aliphatic rings. The highest BCUT2D eigenvalue weighted by Crippen LogP contribution is 2.17. The van der Waals surface area contributed by atoms with Crippen molar-refractivity contribution in [2.75, 3.05) is 13.1 Å². The molecular formula is C10H16ClNO2. The number of hydrogen-bond donors (Lipinski definition) is 3. The molecule has 1 atom stereocenters. The van der Waals surface area contributed by atoms with Crippen LogP contribution >= 0.6 is 12.4 Å². The number of hydrogen-bond acceptors (Lipinski definition) is 3. The number of phenolic OH excluding ortho intramolecular Hbond substituents is 1. The second-order valence-electron chi connectivity index (χ2n) is 2.92. The van der Waals surface area contributed by atoms with E-state index in [1.165, 1.54) is 0 Å². The van der Waals surface area contributed by atoms with Gasteiger partial charge in [0, 0.05) is 6.54 Å². The number of rotatable bonds is 4. The molecule has 0 aromatic heterocycles. The Balaban J connectivity index is 0.00000169. The Morgan fingerprint density at radius 2 is 2.14 bits per heavy atom. The highest BCUT2D eigenvalue weighted by atomic mass is 35.5. The van der Waals surface area contributed by atoms with Crippen molar-refractivity contribution >= 4 is 12.4 Å². The lowest BCUT2D eigenvalue weighted by molar-refractivity contribution is 0.175. The van der Waals surface area contributed by atoms with E-state index in [0.717, 1.165) is 12.1 Å². The lowest BCUT2D eigenvalue weighted by Gasteiger charge is -2.11. The number of aliphatic hydroxyl groups is 1. The van der Waals surface area contributed by atoms with Gasteiger partial charge in [0.15, 0.2) is 0 Å². The van der Waals surface area contributed by atoms with Crippen molar-refractivity contribution in [3.8, 4) is 5.75 Å². The molecule has 0 unspecified atom stereocenters. The summed E-state index contributed by atoms with van der Waals surface area (Å²) in [5.41, 5.74) is 0.737.